The molecule has 0 aliphatic rings. The molecule has 4 heteroatoms. The number of aliphatic hydroxyl groups excluding tert-OH is 1. The zero-order chi connectivity index (χ0) is 11.1. The third kappa shape index (κ3) is 1.73. The van der Waals surface area contributed by atoms with Crippen molar-refractivity contribution in [2.75, 3.05) is 6.61 Å². The molecule has 0 fully saturated rings. The highest BCUT2D eigenvalue weighted by Crippen LogP contribution is 2.26. The summed E-state index contributed by atoms with van der Waals surface area (Å²) in [4.78, 5) is 7.58. The van der Waals surface area contributed by atoms with Crippen molar-refractivity contribution in [3.63, 3.8) is 0 Å². The van der Waals surface area contributed by atoms with Crippen molar-refractivity contribution in [3.8, 4) is 0 Å². The topological polar surface area (TPSA) is 48.9 Å². The molecule has 0 aliphatic carbocycles. The summed E-state index contributed by atoms with van der Waals surface area (Å²) in [6.45, 7) is 3.90. The van der Waals surface area contributed by atoms with E-state index in [0.717, 1.165) is 16.9 Å². The second kappa shape index (κ2) is 3.51. The molecule has 0 saturated carbocycles. The third-order valence-electron chi connectivity index (χ3n) is 2.50. The average molecular weight is 225 g/mol. The molecule has 0 aliphatic heterocycles. The summed E-state index contributed by atoms with van der Waals surface area (Å²) in [5.41, 5.74) is 1.29. The Hall–Kier alpha value is -1.06. The summed E-state index contributed by atoms with van der Waals surface area (Å²) in [5.74, 6) is 0.758. The molecule has 0 radical (unpaired) electrons. The lowest BCUT2D eigenvalue weighted by Gasteiger charge is -2.17. The van der Waals surface area contributed by atoms with E-state index in [-0.39, 0.29) is 12.0 Å². The molecule has 0 unspecified atom stereocenters. The summed E-state index contributed by atoms with van der Waals surface area (Å²) in [7, 11) is 0. The molecular weight excluding hydrogens is 212 g/mol. The molecule has 2 rings (SSSR count). The van der Waals surface area contributed by atoms with Crippen molar-refractivity contribution in [2.24, 2.45) is 0 Å². The highest BCUT2D eigenvalue weighted by Gasteiger charge is 2.23. The van der Waals surface area contributed by atoms with Crippen LogP contribution in [0.3, 0.4) is 0 Å². The molecule has 1 aromatic carbocycles. The van der Waals surface area contributed by atoms with Gasteiger partial charge in [0.25, 0.3) is 0 Å². The molecule has 2 N–H and O–H groups in total. The van der Waals surface area contributed by atoms with Crippen molar-refractivity contribution in [1.29, 1.82) is 0 Å². The van der Waals surface area contributed by atoms with Crippen LogP contribution in [0.15, 0.2) is 18.2 Å². The van der Waals surface area contributed by atoms with Gasteiger partial charge >= 0.3 is 0 Å². The maximum atomic E-state index is 9.25. The van der Waals surface area contributed by atoms with Crippen molar-refractivity contribution >= 4 is 22.6 Å². The molecule has 1 aromatic heterocycles. The van der Waals surface area contributed by atoms with E-state index in [2.05, 4.69) is 9.97 Å². The van der Waals surface area contributed by atoms with Gasteiger partial charge < -0.3 is 10.1 Å². The fourth-order valence-electron chi connectivity index (χ4n) is 1.39. The first-order chi connectivity index (χ1) is 7.04. The second-order valence-corrected chi connectivity index (χ2v) is 4.67. The standard InChI is InChI=1S/C11H13ClN2O/c1-11(2,6-15)10-13-8-5-3-4-7(12)9(8)14-10/h3-5,15H,6H2,1-2H3,(H,13,14). The van der Waals surface area contributed by atoms with Crippen LogP contribution in [0.4, 0.5) is 0 Å². The molecule has 80 valence electrons. The number of fused-ring (bicyclic) bond motifs is 1. The number of H-pyrrole nitrogens is 1. The van der Waals surface area contributed by atoms with Gasteiger partial charge in [0.2, 0.25) is 0 Å². The third-order valence-corrected chi connectivity index (χ3v) is 2.80. The van der Waals surface area contributed by atoms with Crippen LogP contribution in [0.2, 0.25) is 5.02 Å². The van der Waals surface area contributed by atoms with Crippen molar-refractivity contribution in [3.05, 3.63) is 29.0 Å². The minimum absolute atomic E-state index is 0.0461. The minimum atomic E-state index is -0.373. The van der Waals surface area contributed by atoms with Gasteiger partial charge in [0.1, 0.15) is 11.3 Å². The van der Waals surface area contributed by atoms with Gasteiger partial charge in [0.15, 0.2) is 0 Å². The second-order valence-electron chi connectivity index (χ2n) is 4.26. The quantitative estimate of drug-likeness (QED) is 0.824. The van der Waals surface area contributed by atoms with Gasteiger partial charge in [-0.1, -0.05) is 31.5 Å². The van der Waals surface area contributed by atoms with E-state index >= 15 is 0 Å². The lowest BCUT2D eigenvalue weighted by Crippen LogP contribution is -2.23. The average Bonchev–Trinajstić information content (AvgIpc) is 2.64. The Kier molecular flexibility index (Phi) is 2.44. The molecule has 0 amide bonds. The van der Waals surface area contributed by atoms with E-state index in [1.165, 1.54) is 0 Å². The number of hydrogen-bond donors (Lipinski definition) is 2. The molecule has 3 nitrogen and oxygen atoms in total. The fourth-order valence-corrected chi connectivity index (χ4v) is 1.61. The lowest BCUT2D eigenvalue weighted by atomic mass is 9.94. The van der Waals surface area contributed by atoms with Crippen molar-refractivity contribution in [1.82, 2.24) is 9.97 Å². The Morgan fingerprint density at radius 1 is 1.47 bits per heavy atom. The molecule has 0 atom stereocenters. The maximum Gasteiger partial charge on any atom is 0.115 e. The number of hydrogen-bond acceptors (Lipinski definition) is 2. The molecule has 0 saturated heterocycles. The van der Waals surface area contributed by atoms with Gasteiger partial charge in [-0.15, -0.1) is 0 Å². The van der Waals surface area contributed by atoms with Crippen molar-refractivity contribution < 1.29 is 5.11 Å². The summed E-state index contributed by atoms with van der Waals surface area (Å²) in [5, 5.41) is 9.88. The SMILES string of the molecule is CC(C)(CO)c1nc2c(Cl)cccc2[nH]1. The predicted molar refractivity (Wildman–Crippen MR) is 61.2 cm³/mol. The lowest BCUT2D eigenvalue weighted by molar-refractivity contribution is 0.213. The summed E-state index contributed by atoms with van der Waals surface area (Å²) in [6.07, 6.45) is 0. The van der Waals surface area contributed by atoms with Gasteiger partial charge in [-0.05, 0) is 12.1 Å². The zero-order valence-electron chi connectivity index (χ0n) is 8.71. The smallest absolute Gasteiger partial charge is 0.115 e. The van der Waals surface area contributed by atoms with Crippen LogP contribution < -0.4 is 0 Å². The number of para-hydroxylation sites is 1. The van der Waals surface area contributed by atoms with Gasteiger partial charge in [-0.25, -0.2) is 4.98 Å². The first-order valence-electron chi connectivity index (χ1n) is 4.80. The molecule has 15 heavy (non-hydrogen) atoms. The number of benzene rings is 1. The number of nitrogens with zero attached hydrogens (tertiary/aromatic N) is 1. The first-order valence-corrected chi connectivity index (χ1v) is 5.18. The normalized spacial score (nSPS) is 12.3. The van der Waals surface area contributed by atoms with Crippen LogP contribution in [0.25, 0.3) is 11.0 Å². The van der Waals surface area contributed by atoms with E-state index in [1.54, 1.807) is 6.07 Å². The Bertz CT molecular complexity index is 490. The number of nitrogens with one attached hydrogen (secondary N) is 1. The Morgan fingerprint density at radius 3 is 2.80 bits per heavy atom. The van der Waals surface area contributed by atoms with Gasteiger partial charge in [-0.2, -0.15) is 0 Å². The fraction of sp³-hybridized carbons (Fsp3) is 0.364. The molecule has 1 heterocycles. The summed E-state index contributed by atoms with van der Waals surface area (Å²) >= 11 is 6.02. The Morgan fingerprint density at radius 2 is 2.20 bits per heavy atom. The Balaban J connectivity index is 2.62. The monoisotopic (exact) mass is 224 g/mol. The molecular formula is C11H13ClN2O. The summed E-state index contributed by atoms with van der Waals surface area (Å²) < 4.78 is 0. The van der Waals surface area contributed by atoms with Crippen LogP contribution in [-0.4, -0.2) is 21.7 Å². The number of aromatic amines is 1. The minimum Gasteiger partial charge on any atom is -0.395 e. The number of halogens is 1. The van der Waals surface area contributed by atoms with E-state index in [4.69, 9.17) is 11.6 Å². The Labute approximate surface area is 93.1 Å². The highest BCUT2D eigenvalue weighted by atomic mass is 35.5. The van der Waals surface area contributed by atoms with E-state index in [1.807, 2.05) is 26.0 Å². The van der Waals surface area contributed by atoms with Crippen LogP contribution in [0.1, 0.15) is 19.7 Å². The maximum absolute atomic E-state index is 9.25. The van der Waals surface area contributed by atoms with Crippen molar-refractivity contribution in [2.45, 2.75) is 19.3 Å². The number of aliphatic hydroxyl groups is 1. The number of aromatic nitrogens is 2. The summed E-state index contributed by atoms with van der Waals surface area (Å²) in [6, 6.07) is 5.60. The predicted octanol–water partition coefficient (Wildman–Crippen LogP) is 2.49. The highest BCUT2D eigenvalue weighted by molar-refractivity contribution is 6.34. The zero-order valence-corrected chi connectivity index (χ0v) is 9.47. The largest absolute Gasteiger partial charge is 0.395 e. The molecule has 0 bridgehead atoms. The molecule has 2 aromatic rings. The van der Waals surface area contributed by atoms with Gasteiger partial charge in [0, 0.05) is 5.41 Å². The van der Waals surface area contributed by atoms with E-state index in [0.29, 0.717) is 5.02 Å². The van der Waals surface area contributed by atoms with Gasteiger partial charge in [-0.3, -0.25) is 0 Å². The number of imidazole rings is 1. The first kappa shape index (κ1) is 10.5. The van der Waals surface area contributed by atoms with Crippen LogP contribution >= 0.6 is 11.6 Å². The van der Waals surface area contributed by atoms with Crippen LogP contribution in [0, 0.1) is 0 Å². The van der Waals surface area contributed by atoms with Gasteiger partial charge in [0.05, 0.1) is 17.1 Å². The van der Waals surface area contributed by atoms with E-state index < -0.39 is 0 Å². The molecule has 0 spiro atoms. The van der Waals surface area contributed by atoms with Crippen LogP contribution in [0.5, 0.6) is 0 Å². The van der Waals surface area contributed by atoms with Crippen LogP contribution in [-0.2, 0) is 5.41 Å². The number of rotatable bonds is 2. The van der Waals surface area contributed by atoms with E-state index in [9.17, 15) is 5.11 Å².